The average molecular weight is 595 g/mol. The summed E-state index contributed by atoms with van der Waals surface area (Å²) >= 11 is 0. The molecule has 0 atom stereocenters. The van der Waals surface area contributed by atoms with Crippen LogP contribution in [0.2, 0.25) is 0 Å². The molecule has 1 aliphatic rings. The monoisotopic (exact) mass is 594 g/mol. The first kappa shape index (κ1) is 22.8. The van der Waals surface area contributed by atoms with Crippen molar-refractivity contribution in [3.63, 3.8) is 0 Å². The summed E-state index contributed by atoms with van der Waals surface area (Å²) in [5, 5.41) is 0. The third-order valence-electron chi connectivity index (χ3n) is 9.13. The lowest BCUT2D eigenvalue weighted by Crippen LogP contribution is -2.16. The van der Waals surface area contributed by atoms with E-state index in [1.165, 1.54) is 22.3 Å². The minimum absolute atomic E-state index is 0.189. The maximum Gasteiger partial charge on any atom is 0.0629 e. The van der Waals surface area contributed by atoms with Gasteiger partial charge in [-0.05, 0) is 98.1 Å². The van der Waals surface area contributed by atoms with E-state index in [9.17, 15) is 0 Å². The van der Waals surface area contributed by atoms with Crippen LogP contribution in [0.5, 0.6) is 0 Å². The van der Waals surface area contributed by atoms with Gasteiger partial charge in [0.1, 0.15) is 0 Å². The van der Waals surface area contributed by atoms with Gasteiger partial charge in [-0.3, -0.25) is 0 Å². The van der Waals surface area contributed by atoms with Crippen LogP contribution >= 0.6 is 0 Å². The molecule has 0 heterocycles. The van der Waals surface area contributed by atoms with Gasteiger partial charge < -0.3 is 4.90 Å². The van der Waals surface area contributed by atoms with E-state index in [0.717, 1.165) is 39.3 Å². The van der Waals surface area contributed by atoms with Crippen LogP contribution < -0.4 is 4.90 Å². The second-order valence-electron chi connectivity index (χ2n) is 12.3. The van der Waals surface area contributed by atoms with E-state index in [1.807, 2.05) is 36.4 Å². The maximum atomic E-state index is 8.57. The number of benzene rings is 7. The van der Waals surface area contributed by atoms with Crippen LogP contribution in [-0.2, 0) is 5.41 Å². The first-order valence-corrected chi connectivity index (χ1v) is 15.6. The third-order valence-corrected chi connectivity index (χ3v) is 9.13. The molecule has 220 valence electrons. The molecule has 8 rings (SSSR count). The standard InChI is InChI=1S/C45H35N/c1-45(2)43-21-13-12-20-41(43)42-27-26-39(31-44(42)45)46(38-24-22-35(23-25-38)32-14-6-3-7-15-32)40-29-36(33-16-8-4-9-17-33)28-37(30-40)34-18-10-5-11-19-34/h3-31H,1-2H3/i3D,6D,7D,14D,15D. The van der Waals surface area contributed by atoms with E-state index < -0.39 is 6.04 Å². The van der Waals surface area contributed by atoms with E-state index in [1.54, 1.807) is 0 Å². The maximum absolute atomic E-state index is 8.57. The molecule has 0 bridgehead atoms. The van der Waals surface area contributed by atoms with Crippen molar-refractivity contribution in [2.75, 3.05) is 4.90 Å². The second-order valence-corrected chi connectivity index (χ2v) is 12.3. The van der Waals surface area contributed by atoms with Crippen molar-refractivity contribution in [2.45, 2.75) is 19.3 Å². The predicted octanol–water partition coefficient (Wildman–Crippen LogP) is 12.5. The lowest BCUT2D eigenvalue weighted by atomic mass is 9.82. The first-order valence-electron chi connectivity index (χ1n) is 18.1. The third kappa shape index (κ3) is 4.91. The van der Waals surface area contributed by atoms with Crippen LogP contribution in [-0.4, -0.2) is 0 Å². The molecule has 46 heavy (non-hydrogen) atoms. The Hall–Kier alpha value is -5.66. The Morgan fingerprint density at radius 1 is 0.413 bits per heavy atom. The van der Waals surface area contributed by atoms with E-state index >= 15 is 0 Å². The van der Waals surface area contributed by atoms with Crippen LogP contribution in [0.3, 0.4) is 0 Å². The lowest BCUT2D eigenvalue weighted by molar-refractivity contribution is 0.660. The zero-order valence-corrected chi connectivity index (χ0v) is 25.8. The van der Waals surface area contributed by atoms with Crippen molar-refractivity contribution in [3.8, 4) is 44.5 Å². The van der Waals surface area contributed by atoms with Crippen LogP contribution in [0.15, 0.2) is 176 Å². The van der Waals surface area contributed by atoms with Gasteiger partial charge in [-0.25, -0.2) is 0 Å². The minimum atomic E-state index is -0.397. The lowest BCUT2D eigenvalue weighted by Gasteiger charge is -2.29. The number of hydrogen-bond donors (Lipinski definition) is 0. The highest BCUT2D eigenvalue weighted by Gasteiger charge is 2.35. The van der Waals surface area contributed by atoms with Crippen molar-refractivity contribution in [1.29, 1.82) is 0 Å². The van der Waals surface area contributed by atoms with E-state index in [-0.39, 0.29) is 35.1 Å². The molecule has 0 unspecified atom stereocenters. The molecular weight excluding hydrogens is 555 g/mol. The highest BCUT2D eigenvalue weighted by molar-refractivity contribution is 5.88. The van der Waals surface area contributed by atoms with E-state index in [0.29, 0.717) is 5.56 Å². The first-order chi connectivity index (χ1) is 24.6. The van der Waals surface area contributed by atoms with Crippen LogP contribution in [0.1, 0.15) is 31.8 Å². The molecule has 0 amide bonds. The summed E-state index contributed by atoms with van der Waals surface area (Å²) in [4.78, 5) is 2.25. The van der Waals surface area contributed by atoms with Gasteiger partial charge in [-0.1, -0.05) is 147 Å². The Kier molecular flexibility index (Phi) is 5.63. The largest absolute Gasteiger partial charge is 0.310 e. The van der Waals surface area contributed by atoms with Gasteiger partial charge in [0.25, 0.3) is 0 Å². The van der Waals surface area contributed by atoms with Gasteiger partial charge in [0.2, 0.25) is 0 Å². The predicted molar refractivity (Wildman–Crippen MR) is 195 cm³/mol. The zero-order chi connectivity index (χ0) is 35.4. The topological polar surface area (TPSA) is 3.24 Å². The van der Waals surface area contributed by atoms with Crippen molar-refractivity contribution in [2.24, 2.45) is 0 Å². The molecule has 7 aromatic carbocycles. The molecule has 0 aromatic heterocycles. The molecule has 0 aliphatic heterocycles. The SMILES string of the molecule is [2H]c1c([2H])c([2H])c(-c2ccc(N(c3cc(-c4ccccc4)cc(-c4ccccc4)c3)c3ccc4c(c3)C(C)(C)c3ccccc3-4)cc2)c([2H])c1[2H]. The van der Waals surface area contributed by atoms with E-state index in [4.69, 9.17) is 6.85 Å². The van der Waals surface area contributed by atoms with Gasteiger partial charge in [-0.15, -0.1) is 0 Å². The number of nitrogens with zero attached hydrogens (tertiary/aromatic N) is 1. The second kappa shape index (κ2) is 11.4. The summed E-state index contributed by atoms with van der Waals surface area (Å²) in [5.41, 5.74) is 12.8. The zero-order valence-electron chi connectivity index (χ0n) is 30.8. The van der Waals surface area contributed by atoms with Crippen molar-refractivity contribution in [1.82, 2.24) is 0 Å². The molecule has 0 N–H and O–H groups in total. The molecule has 0 saturated carbocycles. The number of rotatable bonds is 6. The van der Waals surface area contributed by atoms with Crippen molar-refractivity contribution >= 4 is 17.1 Å². The van der Waals surface area contributed by atoms with Gasteiger partial charge in [0, 0.05) is 22.5 Å². The molecule has 0 spiro atoms. The van der Waals surface area contributed by atoms with Crippen LogP contribution in [0.25, 0.3) is 44.5 Å². The molecule has 0 fully saturated rings. The molecule has 0 saturated heterocycles. The fourth-order valence-corrected chi connectivity index (χ4v) is 6.78. The fraction of sp³-hybridized carbons (Fsp3) is 0.0667. The molecule has 0 radical (unpaired) electrons. The molecular formula is C45H35N. The molecule has 1 nitrogen and oxygen atoms in total. The van der Waals surface area contributed by atoms with Gasteiger partial charge in [-0.2, -0.15) is 0 Å². The molecule has 1 aliphatic carbocycles. The number of anilines is 3. The summed E-state index contributed by atoms with van der Waals surface area (Å²) in [6, 6.07) is 48.9. The highest BCUT2D eigenvalue weighted by Crippen LogP contribution is 2.51. The number of fused-ring (bicyclic) bond motifs is 3. The minimum Gasteiger partial charge on any atom is -0.310 e. The summed E-state index contributed by atoms with van der Waals surface area (Å²) in [6.07, 6.45) is 0. The van der Waals surface area contributed by atoms with E-state index in [2.05, 4.69) is 128 Å². The van der Waals surface area contributed by atoms with Crippen LogP contribution in [0, 0.1) is 0 Å². The van der Waals surface area contributed by atoms with Gasteiger partial charge in [0.15, 0.2) is 0 Å². The Balaban J connectivity index is 1.34. The highest BCUT2D eigenvalue weighted by atomic mass is 15.1. The van der Waals surface area contributed by atoms with Crippen molar-refractivity contribution in [3.05, 3.63) is 187 Å². The van der Waals surface area contributed by atoms with Crippen LogP contribution in [0.4, 0.5) is 17.1 Å². The number of hydrogen-bond acceptors (Lipinski definition) is 1. The fourth-order valence-electron chi connectivity index (χ4n) is 6.78. The normalized spacial score (nSPS) is 14.3. The Morgan fingerprint density at radius 3 is 1.61 bits per heavy atom. The summed E-state index contributed by atoms with van der Waals surface area (Å²) in [7, 11) is 0. The van der Waals surface area contributed by atoms with Gasteiger partial charge >= 0.3 is 0 Å². The smallest absolute Gasteiger partial charge is 0.0629 e. The quantitative estimate of drug-likeness (QED) is 0.185. The average Bonchev–Trinajstić information content (AvgIpc) is 3.40. The summed E-state index contributed by atoms with van der Waals surface area (Å²) in [5.74, 6) is 0. The molecule has 7 aromatic rings. The summed E-state index contributed by atoms with van der Waals surface area (Å²) in [6.45, 7) is 4.56. The Morgan fingerprint density at radius 2 is 0.957 bits per heavy atom. The molecule has 1 heteroatoms. The van der Waals surface area contributed by atoms with Gasteiger partial charge in [0.05, 0.1) is 6.85 Å². The Labute approximate surface area is 279 Å². The Bertz CT molecular complexity index is 2350. The summed E-state index contributed by atoms with van der Waals surface area (Å²) < 4.78 is 41.7. The van der Waals surface area contributed by atoms with Crippen molar-refractivity contribution < 1.29 is 6.85 Å².